The Balaban J connectivity index is 1.85. The molecule has 1 atom stereocenters. The van der Waals surface area contributed by atoms with E-state index in [4.69, 9.17) is 11.6 Å². The molecular formula is C19H21ClN3O+. The first-order valence-corrected chi connectivity index (χ1v) is 8.49. The quantitative estimate of drug-likeness (QED) is 0.748. The van der Waals surface area contributed by atoms with Crippen LogP contribution in [-0.4, -0.2) is 9.97 Å². The molecule has 0 aliphatic carbocycles. The summed E-state index contributed by atoms with van der Waals surface area (Å²) >= 11 is 6.01. The van der Waals surface area contributed by atoms with E-state index in [0.717, 1.165) is 0 Å². The molecular weight excluding hydrogens is 322 g/mol. The van der Waals surface area contributed by atoms with Crippen LogP contribution in [0.25, 0.3) is 10.9 Å². The smallest absolute Gasteiger partial charge is 0.258 e. The van der Waals surface area contributed by atoms with Crippen LogP contribution in [0, 0.1) is 5.92 Å². The third-order valence-electron chi connectivity index (χ3n) is 4.19. The van der Waals surface area contributed by atoms with Crippen LogP contribution >= 0.6 is 11.6 Å². The monoisotopic (exact) mass is 342 g/mol. The number of aromatic nitrogens is 2. The van der Waals surface area contributed by atoms with Gasteiger partial charge in [0.2, 0.25) is 0 Å². The molecule has 1 aromatic heterocycles. The third kappa shape index (κ3) is 3.66. The van der Waals surface area contributed by atoms with E-state index in [2.05, 4.69) is 53.4 Å². The van der Waals surface area contributed by atoms with Gasteiger partial charge in [-0.25, -0.2) is 4.98 Å². The number of quaternary nitrogens is 1. The van der Waals surface area contributed by atoms with Gasteiger partial charge < -0.3 is 10.3 Å². The molecule has 3 aromatic rings. The average Bonchev–Trinajstić information content (AvgIpc) is 2.55. The Morgan fingerprint density at radius 2 is 1.92 bits per heavy atom. The van der Waals surface area contributed by atoms with Crippen molar-refractivity contribution in [2.75, 3.05) is 0 Å². The third-order valence-corrected chi connectivity index (χ3v) is 4.42. The van der Waals surface area contributed by atoms with Gasteiger partial charge in [0.15, 0.2) is 5.82 Å². The van der Waals surface area contributed by atoms with Gasteiger partial charge in [-0.2, -0.15) is 0 Å². The number of nitrogens with one attached hydrogen (secondary N) is 1. The molecule has 1 heterocycles. The Morgan fingerprint density at radius 1 is 1.17 bits per heavy atom. The summed E-state index contributed by atoms with van der Waals surface area (Å²) in [4.78, 5) is 19.6. The standard InChI is InChI=1S/C19H20ClN3O/c1-12(2)18(13-6-4-3-5-7-13)21-11-17-22-16-10-14(20)8-9-15(16)19(24)23-17/h3-10,12,18,21H,11H2,1-2H3,(H,22,23,24)/p+1/t18-/m1/s1. The average molecular weight is 343 g/mol. The number of fused-ring (bicyclic) bond motifs is 1. The molecule has 0 unspecified atom stereocenters. The van der Waals surface area contributed by atoms with Gasteiger partial charge >= 0.3 is 0 Å². The van der Waals surface area contributed by atoms with Crippen LogP contribution in [-0.2, 0) is 6.54 Å². The number of nitrogens with zero attached hydrogens (tertiary/aromatic N) is 1. The molecule has 0 saturated heterocycles. The van der Waals surface area contributed by atoms with Crippen LogP contribution in [0.4, 0.5) is 0 Å². The number of H-pyrrole nitrogens is 1. The van der Waals surface area contributed by atoms with E-state index in [0.29, 0.717) is 40.3 Å². The Morgan fingerprint density at radius 3 is 2.62 bits per heavy atom. The van der Waals surface area contributed by atoms with Crippen molar-refractivity contribution in [3.63, 3.8) is 0 Å². The van der Waals surface area contributed by atoms with E-state index < -0.39 is 0 Å². The van der Waals surface area contributed by atoms with E-state index in [9.17, 15) is 4.79 Å². The van der Waals surface area contributed by atoms with Crippen molar-refractivity contribution in [1.29, 1.82) is 0 Å². The fourth-order valence-electron chi connectivity index (χ4n) is 2.96. The number of aromatic amines is 1. The summed E-state index contributed by atoms with van der Waals surface area (Å²) in [6.45, 7) is 5.00. The van der Waals surface area contributed by atoms with Crippen molar-refractivity contribution < 1.29 is 5.32 Å². The highest BCUT2D eigenvalue weighted by molar-refractivity contribution is 6.31. The number of nitrogens with two attached hydrogens (primary N) is 1. The highest BCUT2D eigenvalue weighted by atomic mass is 35.5. The molecule has 0 bridgehead atoms. The van der Waals surface area contributed by atoms with Crippen LogP contribution in [0.15, 0.2) is 53.3 Å². The summed E-state index contributed by atoms with van der Waals surface area (Å²) in [5.41, 5.74) is 1.79. The fourth-order valence-corrected chi connectivity index (χ4v) is 3.13. The van der Waals surface area contributed by atoms with Crippen molar-refractivity contribution in [2.45, 2.75) is 26.4 Å². The maximum Gasteiger partial charge on any atom is 0.258 e. The van der Waals surface area contributed by atoms with E-state index in [1.807, 2.05) is 6.07 Å². The predicted molar refractivity (Wildman–Crippen MR) is 97.0 cm³/mol. The molecule has 3 N–H and O–H groups in total. The molecule has 4 nitrogen and oxygen atoms in total. The lowest BCUT2D eigenvalue weighted by Gasteiger charge is -2.19. The van der Waals surface area contributed by atoms with Crippen LogP contribution in [0.3, 0.4) is 0 Å². The molecule has 0 saturated carbocycles. The van der Waals surface area contributed by atoms with Gasteiger partial charge in [0.25, 0.3) is 5.56 Å². The lowest BCUT2D eigenvalue weighted by Crippen LogP contribution is -2.85. The minimum absolute atomic E-state index is 0.124. The van der Waals surface area contributed by atoms with Crippen molar-refractivity contribution in [3.05, 3.63) is 75.3 Å². The van der Waals surface area contributed by atoms with Crippen LogP contribution < -0.4 is 10.9 Å². The summed E-state index contributed by atoms with van der Waals surface area (Å²) in [5.74, 6) is 1.13. The summed E-state index contributed by atoms with van der Waals surface area (Å²) in [6.07, 6.45) is 0. The van der Waals surface area contributed by atoms with Gasteiger partial charge in [0.1, 0.15) is 12.6 Å². The number of benzene rings is 2. The molecule has 3 rings (SSSR count). The van der Waals surface area contributed by atoms with Gasteiger partial charge in [0, 0.05) is 16.5 Å². The maximum atomic E-state index is 12.2. The second-order valence-corrected chi connectivity index (χ2v) is 6.73. The first kappa shape index (κ1) is 16.7. The van der Waals surface area contributed by atoms with Crippen LogP contribution in [0.1, 0.15) is 31.3 Å². The number of rotatable bonds is 5. The predicted octanol–water partition coefficient (Wildman–Crippen LogP) is 3.04. The summed E-state index contributed by atoms with van der Waals surface area (Å²) in [5, 5.41) is 3.36. The summed E-state index contributed by atoms with van der Waals surface area (Å²) < 4.78 is 0. The zero-order valence-electron chi connectivity index (χ0n) is 13.8. The van der Waals surface area contributed by atoms with Crippen LogP contribution in [0.2, 0.25) is 5.02 Å². The fraction of sp³-hybridized carbons (Fsp3) is 0.263. The van der Waals surface area contributed by atoms with Gasteiger partial charge in [-0.3, -0.25) is 4.79 Å². The van der Waals surface area contributed by atoms with E-state index in [-0.39, 0.29) is 5.56 Å². The molecule has 0 spiro atoms. The Kier molecular flexibility index (Phi) is 4.97. The molecule has 0 aliphatic heterocycles. The molecule has 5 heteroatoms. The lowest BCUT2D eigenvalue weighted by molar-refractivity contribution is -0.718. The highest BCUT2D eigenvalue weighted by Gasteiger charge is 2.19. The first-order chi connectivity index (χ1) is 11.5. The van der Waals surface area contributed by atoms with Crippen molar-refractivity contribution in [1.82, 2.24) is 9.97 Å². The molecule has 0 aliphatic rings. The zero-order valence-corrected chi connectivity index (χ0v) is 14.5. The number of hydrogen-bond acceptors (Lipinski definition) is 2. The van der Waals surface area contributed by atoms with Crippen molar-refractivity contribution >= 4 is 22.5 Å². The second kappa shape index (κ2) is 7.16. The van der Waals surface area contributed by atoms with E-state index in [1.165, 1.54) is 5.56 Å². The molecule has 0 amide bonds. The molecule has 0 radical (unpaired) electrons. The Hall–Kier alpha value is -2.17. The second-order valence-electron chi connectivity index (χ2n) is 6.29. The van der Waals surface area contributed by atoms with Gasteiger partial charge in [0.05, 0.1) is 10.9 Å². The van der Waals surface area contributed by atoms with Crippen molar-refractivity contribution in [2.24, 2.45) is 5.92 Å². The molecule has 2 aromatic carbocycles. The Bertz CT molecular complexity index is 890. The minimum atomic E-state index is -0.124. The number of hydrogen-bond donors (Lipinski definition) is 2. The zero-order chi connectivity index (χ0) is 17.1. The first-order valence-electron chi connectivity index (χ1n) is 8.11. The normalized spacial score (nSPS) is 12.7. The van der Waals surface area contributed by atoms with Gasteiger partial charge in [-0.1, -0.05) is 55.8 Å². The highest BCUT2D eigenvalue weighted by Crippen LogP contribution is 2.17. The largest absolute Gasteiger partial charge is 0.334 e. The summed E-state index contributed by atoms with van der Waals surface area (Å²) in [7, 11) is 0. The van der Waals surface area contributed by atoms with Gasteiger partial charge in [-0.15, -0.1) is 0 Å². The van der Waals surface area contributed by atoms with Gasteiger partial charge in [-0.05, 0) is 18.2 Å². The SMILES string of the molecule is CC(C)[C@@H]([NH2+]Cc1nc2cc(Cl)ccc2c(=O)[nH]1)c1ccccc1. The molecule has 0 fully saturated rings. The summed E-state index contributed by atoms with van der Waals surface area (Å²) in [6, 6.07) is 15.9. The minimum Gasteiger partial charge on any atom is -0.334 e. The number of halogens is 1. The molecule has 124 valence electrons. The van der Waals surface area contributed by atoms with Crippen LogP contribution in [0.5, 0.6) is 0 Å². The topological polar surface area (TPSA) is 62.4 Å². The maximum absolute atomic E-state index is 12.2. The molecule has 24 heavy (non-hydrogen) atoms. The van der Waals surface area contributed by atoms with E-state index >= 15 is 0 Å². The van der Waals surface area contributed by atoms with Crippen molar-refractivity contribution in [3.8, 4) is 0 Å². The van der Waals surface area contributed by atoms with E-state index in [1.54, 1.807) is 18.2 Å². The Labute approximate surface area is 145 Å². The lowest BCUT2D eigenvalue weighted by atomic mass is 9.96.